The van der Waals surface area contributed by atoms with Gasteiger partial charge in [-0.15, -0.1) is 15.6 Å². The number of hydrogen-bond donors (Lipinski definition) is 6. The third kappa shape index (κ3) is 8.61. The van der Waals surface area contributed by atoms with Crippen LogP contribution in [-0.4, -0.2) is 104 Å². The summed E-state index contributed by atoms with van der Waals surface area (Å²) in [7, 11) is -5.04. The molecule has 0 bridgehead atoms. The number of β-lactam (4-membered cyclic amide) rings is 1. The summed E-state index contributed by atoms with van der Waals surface area (Å²) in [5.41, 5.74) is 4.28. The molecule has 0 unspecified atom stereocenters. The molecule has 302 valence electrons. The topological polar surface area (TPSA) is 269 Å². The number of aliphatic carboxylic acids is 1. The van der Waals surface area contributed by atoms with Gasteiger partial charge in [0.2, 0.25) is 0 Å². The minimum absolute atomic E-state index is 0.0601. The maximum atomic E-state index is 13.6. The van der Waals surface area contributed by atoms with E-state index in [0.717, 1.165) is 53.5 Å². The van der Waals surface area contributed by atoms with Crippen molar-refractivity contribution < 1.29 is 56.0 Å². The van der Waals surface area contributed by atoms with E-state index in [4.69, 9.17) is 24.8 Å². The summed E-state index contributed by atoms with van der Waals surface area (Å²) in [6, 6.07) is 4.27. The number of fused-ring (bicyclic) bond motifs is 1. The Kier molecular flexibility index (Phi) is 11.7. The van der Waals surface area contributed by atoms with Crippen LogP contribution in [0.15, 0.2) is 41.1 Å². The van der Waals surface area contributed by atoms with E-state index in [1.165, 1.54) is 26.2 Å². The van der Waals surface area contributed by atoms with Gasteiger partial charge in [0, 0.05) is 24.4 Å². The molecule has 2 amide bonds. The molecule has 0 spiro atoms. The van der Waals surface area contributed by atoms with Crippen LogP contribution in [0.3, 0.4) is 0 Å². The average Bonchev–Trinajstić information content (AvgIpc) is 3.57. The molecule has 3 aromatic rings. The number of nitrogen functional groups attached to an aromatic ring is 1. The number of carbonyl (C=O) groups is 3. The van der Waals surface area contributed by atoms with E-state index in [0.29, 0.717) is 42.4 Å². The zero-order valence-corrected chi connectivity index (χ0v) is 32.8. The van der Waals surface area contributed by atoms with Crippen molar-refractivity contribution in [2.24, 2.45) is 11.1 Å². The molecule has 6 rings (SSSR count). The number of hydrogen-bond acceptors (Lipinski definition) is 15. The highest BCUT2D eigenvalue weighted by Crippen LogP contribution is 2.37. The Labute approximate surface area is 326 Å². The second kappa shape index (κ2) is 16.0. The molecule has 56 heavy (non-hydrogen) atoms. The number of anilines is 1. The second-order valence-corrected chi connectivity index (χ2v) is 16.6. The third-order valence-corrected chi connectivity index (χ3v) is 11.3. The number of rotatable bonds is 16. The lowest BCUT2D eigenvalue weighted by Crippen LogP contribution is -2.76. The number of aromatic nitrogens is 3. The summed E-state index contributed by atoms with van der Waals surface area (Å²) in [5.74, 6) is -1.60. The maximum absolute atomic E-state index is 13.6. The molecule has 0 saturated carbocycles. The summed E-state index contributed by atoms with van der Waals surface area (Å²) in [4.78, 5) is 53.6. The van der Waals surface area contributed by atoms with Crippen LogP contribution in [0, 0.1) is 5.92 Å². The van der Waals surface area contributed by atoms with E-state index in [1.807, 2.05) is 25.3 Å². The molecule has 2 fully saturated rings. The molecule has 1 aromatic carbocycles. The van der Waals surface area contributed by atoms with Gasteiger partial charge in [-0.1, -0.05) is 23.1 Å². The van der Waals surface area contributed by atoms with Crippen LogP contribution in [0.25, 0.3) is 11.1 Å². The van der Waals surface area contributed by atoms with Crippen molar-refractivity contribution in [2.45, 2.75) is 95.7 Å². The Morgan fingerprint density at radius 3 is 2.66 bits per heavy atom. The predicted molar refractivity (Wildman–Crippen MR) is 199 cm³/mol. The number of benzene rings is 1. The van der Waals surface area contributed by atoms with Crippen molar-refractivity contribution in [1.29, 1.82) is 0 Å². The van der Waals surface area contributed by atoms with Crippen LogP contribution in [0.5, 0.6) is 5.75 Å². The summed E-state index contributed by atoms with van der Waals surface area (Å²) in [5, 5.41) is 32.1. The lowest BCUT2D eigenvalue weighted by molar-refractivity contribution is -0.713. The number of carboxylic acid groups (broad SMARTS) is 1. The summed E-state index contributed by atoms with van der Waals surface area (Å²) < 4.78 is 44.2. The first-order valence-corrected chi connectivity index (χ1v) is 20.2. The van der Waals surface area contributed by atoms with Crippen LogP contribution in [0.1, 0.15) is 64.0 Å². The molecule has 0 radical (unpaired) electrons. The highest BCUT2D eigenvalue weighted by molar-refractivity contribution is 7.80. The number of aliphatic hydroxyl groups is 1. The molecular formula is C35H45N8O11S2+. The van der Waals surface area contributed by atoms with Gasteiger partial charge in [-0.2, -0.15) is 13.5 Å². The number of nitrogens with one attached hydrogen (secondary N) is 2. The van der Waals surface area contributed by atoms with Gasteiger partial charge in [-0.3, -0.25) is 14.1 Å². The van der Waals surface area contributed by atoms with Crippen LogP contribution in [-0.2, 0) is 53.3 Å². The number of ether oxygens (including phenoxy) is 1. The Morgan fingerprint density at radius 2 is 2.05 bits per heavy atom. The molecule has 3 aliphatic heterocycles. The lowest BCUT2D eigenvalue weighted by Gasteiger charge is -2.50. The van der Waals surface area contributed by atoms with Gasteiger partial charge in [0.05, 0.1) is 30.2 Å². The summed E-state index contributed by atoms with van der Waals surface area (Å²) >= 11 is 0.969. The molecule has 5 heterocycles. The first kappa shape index (κ1) is 40.9. The fourth-order valence-electron chi connectivity index (χ4n) is 6.62. The van der Waals surface area contributed by atoms with Gasteiger partial charge in [-0.05, 0) is 69.7 Å². The van der Waals surface area contributed by atoms with Gasteiger partial charge in [-0.25, -0.2) is 14.3 Å². The van der Waals surface area contributed by atoms with Crippen molar-refractivity contribution in [1.82, 2.24) is 25.7 Å². The molecular weight excluding hydrogens is 773 g/mol. The average molecular weight is 818 g/mol. The second-order valence-electron chi connectivity index (χ2n) is 14.7. The van der Waals surface area contributed by atoms with Crippen molar-refractivity contribution >= 4 is 50.4 Å². The van der Waals surface area contributed by atoms with Gasteiger partial charge in [0.1, 0.15) is 23.7 Å². The SMILES string of the molecule is CC[C@@H](O)CCc1ncc(-c2ccc3c(c2)CC[C@H]([C@](C)(O/N=C(\C(=O)N[C@@H]2C(=O)N(OS(=O)(=O)O)C2(C)C)c2csc(N)n2)C(=O)O)O3)c[n+]1CC1CNC1. The number of aliphatic hydroxyl groups excluding tert-OH is 1. The van der Waals surface area contributed by atoms with E-state index in [1.54, 1.807) is 6.07 Å². The van der Waals surface area contributed by atoms with Crippen LogP contribution < -0.4 is 25.7 Å². The number of oxime groups is 1. The number of hydroxylamine groups is 2. The Morgan fingerprint density at radius 1 is 1.30 bits per heavy atom. The van der Waals surface area contributed by atoms with Gasteiger partial charge >= 0.3 is 16.4 Å². The maximum Gasteiger partial charge on any atom is 0.418 e. The third-order valence-electron chi connectivity index (χ3n) is 10.3. The standard InChI is InChI=1S/C35H44N8O11S2/c1-5-23(44)8-11-27-38-15-22(17-42(27)16-19-13-37-14-19)20-6-9-25-21(12-20)7-10-26(52-25)35(4,32(47)48)53-41-28(24-18-55-33(36)39-24)30(45)40-29-31(46)43(34(29,2)3)54-56(49,50)51/h6,9,12,15,17-19,23,26,29,37,44H,5,7-8,10-11,13-14,16H2,1-4H3,(H4-,36,39,40,45,47,48,49,50,51)/p+1/b41-28-/t23-,26-,29-,35+/m1/s1. The number of carbonyl (C=O) groups excluding carboxylic acids is 2. The Hall–Kier alpha value is -4.80. The zero-order valence-electron chi connectivity index (χ0n) is 31.2. The van der Waals surface area contributed by atoms with Crippen LogP contribution >= 0.6 is 11.3 Å². The minimum Gasteiger partial charge on any atom is -0.485 e. The fourth-order valence-corrected chi connectivity index (χ4v) is 7.62. The molecule has 3 aliphatic rings. The molecule has 0 aliphatic carbocycles. The largest absolute Gasteiger partial charge is 0.485 e. The van der Waals surface area contributed by atoms with E-state index >= 15 is 0 Å². The zero-order chi connectivity index (χ0) is 40.6. The smallest absolute Gasteiger partial charge is 0.418 e. The molecule has 7 N–H and O–H groups in total. The molecule has 4 atom stereocenters. The van der Waals surface area contributed by atoms with Crippen molar-refractivity contribution in [3.63, 3.8) is 0 Å². The number of thiazole rings is 1. The number of amides is 2. The van der Waals surface area contributed by atoms with Crippen molar-refractivity contribution in [2.75, 3.05) is 18.8 Å². The Balaban J connectivity index is 1.20. The molecule has 2 aromatic heterocycles. The monoisotopic (exact) mass is 817 g/mol. The van der Waals surface area contributed by atoms with Crippen molar-refractivity contribution in [3.05, 3.63) is 53.1 Å². The van der Waals surface area contributed by atoms with E-state index < -0.39 is 57.2 Å². The van der Waals surface area contributed by atoms with Crippen LogP contribution in [0.2, 0.25) is 0 Å². The minimum atomic E-state index is -5.04. The first-order chi connectivity index (χ1) is 26.4. The summed E-state index contributed by atoms with van der Waals surface area (Å²) in [6.45, 7) is 8.63. The molecule has 21 heteroatoms. The molecule has 19 nitrogen and oxygen atoms in total. The highest BCUT2D eigenvalue weighted by atomic mass is 32.3. The lowest BCUT2D eigenvalue weighted by atomic mass is 9.84. The van der Waals surface area contributed by atoms with Gasteiger partial charge in [0.25, 0.3) is 23.2 Å². The Bertz CT molecular complexity index is 2140. The van der Waals surface area contributed by atoms with Crippen LogP contribution in [0.4, 0.5) is 5.13 Å². The molecule has 2 saturated heterocycles. The number of nitrogens with zero attached hydrogens (tertiary/aromatic N) is 5. The van der Waals surface area contributed by atoms with Gasteiger partial charge in [0.15, 0.2) is 23.1 Å². The van der Waals surface area contributed by atoms with E-state index in [-0.39, 0.29) is 23.4 Å². The number of aryl methyl sites for hydroxylation is 2. The highest BCUT2D eigenvalue weighted by Gasteiger charge is 2.58. The number of carboxylic acids is 1. The van der Waals surface area contributed by atoms with Gasteiger partial charge < -0.3 is 36.2 Å². The predicted octanol–water partition coefficient (Wildman–Crippen LogP) is 0.796. The normalized spacial score (nSPS) is 21.1. The summed E-state index contributed by atoms with van der Waals surface area (Å²) in [6.07, 6.45) is 5.03. The number of nitrogens with two attached hydrogens (primary N) is 1. The van der Waals surface area contributed by atoms with E-state index in [2.05, 4.69) is 35.8 Å². The van der Waals surface area contributed by atoms with E-state index in [9.17, 15) is 33.0 Å². The first-order valence-electron chi connectivity index (χ1n) is 18.0. The van der Waals surface area contributed by atoms with Crippen molar-refractivity contribution in [3.8, 4) is 16.9 Å². The quantitative estimate of drug-likeness (QED) is 0.0384. The fraction of sp³-hybridized carbons (Fsp3) is 0.514.